The number of rotatable bonds is 1. The molecule has 1 nitrogen and oxygen atoms in total. The molecule has 0 amide bonds. The van der Waals surface area contributed by atoms with Gasteiger partial charge >= 0.3 is 0 Å². The molecule has 3 saturated carbocycles. The minimum atomic E-state index is -0.198. The van der Waals surface area contributed by atoms with Gasteiger partial charge in [-0.05, 0) is 48.3 Å². The molecular formula is C13H22O. The van der Waals surface area contributed by atoms with Crippen LogP contribution in [0.1, 0.15) is 46.5 Å². The largest absolute Gasteiger partial charge is 0.389 e. The molecule has 0 heterocycles. The second-order valence-corrected chi connectivity index (χ2v) is 6.85. The Labute approximate surface area is 86.9 Å². The Hall–Kier alpha value is -0.0400. The van der Waals surface area contributed by atoms with E-state index in [1.807, 2.05) is 0 Å². The first-order valence-corrected chi connectivity index (χ1v) is 6.18. The Morgan fingerprint density at radius 1 is 1.07 bits per heavy atom. The Morgan fingerprint density at radius 3 is 2.07 bits per heavy atom. The lowest BCUT2D eigenvalue weighted by Crippen LogP contribution is -2.23. The fourth-order valence-corrected chi connectivity index (χ4v) is 4.18. The van der Waals surface area contributed by atoms with Crippen LogP contribution in [0.25, 0.3) is 0 Å². The smallest absolute Gasteiger partial charge is 0.0742 e. The average Bonchev–Trinajstić information content (AvgIpc) is 2.89. The first-order valence-electron chi connectivity index (χ1n) is 6.18. The summed E-state index contributed by atoms with van der Waals surface area (Å²) in [7, 11) is 0. The van der Waals surface area contributed by atoms with Crippen molar-refractivity contribution in [3.05, 3.63) is 0 Å². The van der Waals surface area contributed by atoms with Gasteiger partial charge in [0, 0.05) is 0 Å². The first-order chi connectivity index (χ1) is 6.45. The molecule has 0 aromatic carbocycles. The molecule has 1 heteroatoms. The van der Waals surface area contributed by atoms with Crippen molar-refractivity contribution in [2.45, 2.75) is 52.1 Å². The van der Waals surface area contributed by atoms with Crippen molar-refractivity contribution in [2.24, 2.45) is 29.1 Å². The second-order valence-electron chi connectivity index (χ2n) is 6.85. The number of hydrogen-bond donors (Lipinski definition) is 1. The van der Waals surface area contributed by atoms with Gasteiger partial charge in [0.05, 0.1) is 5.60 Å². The van der Waals surface area contributed by atoms with Crippen LogP contribution in [0.5, 0.6) is 0 Å². The van der Waals surface area contributed by atoms with E-state index in [1.54, 1.807) is 0 Å². The molecule has 0 aliphatic heterocycles. The van der Waals surface area contributed by atoms with Gasteiger partial charge in [0.25, 0.3) is 0 Å². The molecule has 0 radical (unpaired) electrons. The highest BCUT2D eigenvalue weighted by Gasteiger charge is 2.74. The van der Waals surface area contributed by atoms with Gasteiger partial charge in [0.2, 0.25) is 0 Å². The van der Waals surface area contributed by atoms with Crippen molar-refractivity contribution in [1.29, 1.82) is 0 Å². The van der Waals surface area contributed by atoms with Crippen molar-refractivity contribution < 1.29 is 5.11 Å². The van der Waals surface area contributed by atoms with E-state index >= 15 is 0 Å². The summed E-state index contributed by atoms with van der Waals surface area (Å²) in [5.41, 5.74) is 0.216. The van der Waals surface area contributed by atoms with E-state index in [4.69, 9.17) is 0 Å². The summed E-state index contributed by atoms with van der Waals surface area (Å²) in [6, 6.07) is 0. The van der Waals surface area contributed by atoms with Gasteiger partial charge < -0.3 is 5.11 Å². The molecular weight excluding hydrogens is 172 g/mol. The van der Waals surface area contributed by atoms with Gasteiger partial charge in [-0.15, -0.1) is 0 Å². The maximum atomic E-state index is 10.6. The van der Waals surface area contributed by atoms with E-state index in [9.17, 15) is 5.11 Å². The zero-order valence-electron chi connectivity index (χ0n) is 9.59. The molecule has 0 spiro atoms. The van der Waals surface area contributed by atoms with Crippen LogP contribution in [0, 0.1) is 29.1 Å². The van der Waals surface area contributed by atoms with Gasteiger partial charge in [0.15, 0.2) is 0 Å². The Bertz CT molecular complexity index is 253. The van der Waals surface area contributed by atoms with E-state index in [1.165, 1.54) is 25.7 Å². The second kappa shape index (κ2) is 2.37. The molecule has 3 aliphatic carbocycles. The molecule has 3 fully saturated rings. The van der Waals surface area contributed by atoms with Gasteiger partial charge in [-0.2, -0.15) is 0 Å². The average molecular weight is 194 g/mol. The standard InChI is InChI=1S/C13H22O/c1-12(2,3)10-7-11(10)13(14)8-5-4-6-9(8)13/h8-11,14H,4-7H2,1-3H3. The van der Waals surface area contributed by atoms with E-state index < -0.39 is 0 Å². The van der Waals surface area contributed by atoms with Crippen LogP contribution in [-0.2, 0) is 0 Å². The van der Waals surface area contributed by atoms with E-state index in [-0.39, 0.29) is 5.60 Å². The molecule has 80 valence electrons. The van der Waals surface area contributed by atoms with Gasteiger partial charge in [0.1, 0.15) is 0 Å². The molecule has 4 atom stereocenters. The minimum Gasteiger partial charge on any atom is -0.389 e. The monoisotopic (exact) mass is 194 g/mol. The van der Waals surface area contributed by atoms with Crippen LogP contribution >= 0.6 is 0 Å². The molecule has 0 aromatic heterocycles. The molecule has 1 N–H and O–H groups in total. The van der Waals surface area contributed by atoms with E-state index in [0.717, 1.165) is 5.92 Å². The van der Waals surface area contributed by atoms with Crippen molar-refractivity contribution in [3.63, 3.8) is 0 Å². The van der Waals surface area contributed by atoms with Crippen LogP contribution in [0.4, 0.5) is 0 Å². The SMILES string of the molecule is CC(C)(C)C1CC1C1(O)C2CCCC21. The maximum absolute atomic E-state index is 10.6. The van der Waals surface area contributed by atoms with Crippen molar-refractivity contribution in [2.75, 3.05) is 0 Å². The summed E-state index contributed by atoms with van der Waals surface area (Å²) in [5.74, 6) is 2.83. The predicted octanol–water partition coefficient (Wildman–Crippen LogP) is 2.83. The maximum Gasteiger partial charge on any atom is 0.0742 e. The Kier molecular flexibility index (Phi) is 1.56. The van der Waals surface area contributed by atoms with Crippen LogP contribution in [-0.4, -0.2) is 10.7 Å². The van der Waals surface area contributed by atoms with E-state index in [2.05, 4.69) is 20.8 Å². The zero-order chi connectivity index (χ0) is 10.1. The highest BCUT2D eigenvalue weighted by Crippen LogP contribution is 2.72. The van der Waals surface area contributed by atoms with Crippen LogP contribution in [0.15, 0.2) is 0 Å². The summed E-state index contributed by atoms with van der Waals surface area (Å²) in [6.45, 7) is 6.96. The Morgan fingerprint density at radius 2 is 1.64 bits per heavy atom. The third kappa shape index (κ3) is 0.997. The fourth-order valence-electron chi connectivity index (χ4n) is 4.18. The zero-order valence-corrected chi connectivity index (χ0v) is 9.59. The summed E-state index contributed by atoms with van der Waals surface area (Å²) >= 11 is 0. The summed E-state index contributed by atoms with van der Waals surface area (Å²) in [6.07, 6.45) is 5.25. The minimum absolute atomic E-state index is 0.198. The van der Waals surface area contributed by atoms with Crippen molar-refractivity contribution in [3.8, 4) is 0 Å². The molecule has 3 rings (SSSR count). The van der Waals surface area contributed by atoms with Gasteiger partial charge in [-0.3, -0.25) is 0 Å². The number of fused-ring (bicyclic) bond motifs is 1. The highest BCUT2D eigenvalue weighted by atomic mass is 16.3. The third-order valence-corrected chi connectivity index (χ3v) is 5.09. The molecule has 0 aromatic rings. The number of hydrogen-bond acceptors (Lipinski definition) is 1. The lowest BCUT2D eigenvalue weighted by molar-refractivity contribution is 0.0684. The molecule has 0 bridgehead atoms. The summed E-state index contributed by atoms with van der Waals surface area (Å²) in [4.78, 5) is 0. The lowest BCUT2D eigenvalue weighted by atomic mass is 9.86. The third-order valence-electron chi connectivity index (χ3n) is 5.09. The molecule has 3 aliphatic rings. The van der Waals surface area contributed by atoms with Crippen LogP contribution in [0.3, 0.4) is 0 Å². The highest BCUT2D eigenvalue weighted by molar-refractivity contribution is 5.23. The van der Waals surface area contributed by atoms with Crippen molar-refractivity contribution >= 4 is 0 Å². The normalized spacial score (nSPS) is 55.7. The topological polar surface area (TPSA) is 20.2 Å². The van der Waals surface area contributed by atoms with E-state index in [0.29, 0.717) is 23.2 Å². The quantitative estimate of drug-likeness (QED) is 0.680. The van der Waals surface area contributed by atoms with Crippen LogP contribution < -0.4 is 0 Å². The van der Waals surface area contributed by atoms with Crippen molar-refractivity contribution in [1.82, 2.24) is 0 Å². The first kappa shape index (κ1) is 9.21. The molecule has 0 saturated heterocycles. The lowest BCUT2D eigenvalue weighted by Gasteiger charge is -2.21. The number of aliphatic hydroxyl groups is 1. The summed E-state index contributed by atoms with van der Waals surface area (Å²) < 4.78 is 0. The Balaban J connectivity index is 1.70. The fraction of sp³-hybridized carbons (Fsp3) is 1.00. The van der Waals surface area contributed by atoms with Crippen LogP contribution in [0.2, 0.25) is 0 Å². The molecule has 4 unspecified atom stereocenters. The predicted molar refractivity (Wildman–Crippen MR) is 56.8 cm³/mol. The van der Waals surface area contributed by atoms with Gasteiger partial charge in [-0.25, -0.2) is 0 Å². The molecule has 14 heavy (non-hydrogen) atoms. The summed E-state index contributed by atoms with van der Waals surface area (Å²) in [5, 5.41) is 10.6. The van der Waals surface area contributed by atoms with Gasteiger partial charge in [-0.1, -0.05) is 27.2 Å².